The van der Waals surface area contributed by atoms with E-state index in [9.17, 15) is 9.59 Å². The Morgan fingerprint density at radius 1 is 1.25 bits per heavy atom. The molecule has 1 atom stereocenters. The highest BCUT2D eigenvalue weighted by atomic mass is 35.5. The van der Waals surface area contributed by atoms with Gasteiger partial charge in [-0.3, -0.25) is 19.5 Å². The van der Waals surface area contributed by atoms with Gasteiger partial charge in [0.25, 0.3) is 6.47 Å². The lowest BCUT2D eigenvalue weighted by Gasteiger charge is -2.27. The van der Waals surface area contributed by atoms with Crippen molar-refractivity contribution in [3.63, 3.8) is 0 Å². The van der Waals surface area contributed by atoms with Gasteiger partial charge in [0, 0.05) is 47.4 Å². The quantitative estimate of drug-likeness (QED) is 0.209. The van der Waals surface area contributed by atoms with E-state index in [2.05, 4.69) is 25.4 Å². The van der Waals surface area contributed by atoms with Crippen LogP contribution in [-0.2, 0) is 27.3 Å². The molecule has 2 aromatic heterocycles. The summed E-state index contributed by atoms with van der Waals surface area (Å²) in [6.07, 6.45) is 8.22. The fraction of sp³-hybridized carbons (Fsp3) is 0.417. The van der Waals surface area contributed by atoms with Crippen molar-refractivity contribution in [2.24, 2.45) is 5.73 Å². The number of nitrogens with zero attached hydrogens (tertiary/aromatic N) is 2. The number of carbonyl (C=O) groups is 3. The summed E-state index contributed by atoms with van der Waals surface area (Å²) in [5.74, 6) is -0.315. The second-order valence-electron chi connectivity index (χ2n) is 8.46. The lowest BCUT2D eigenvalue weighted by Crippen LogP contribution is -2.45. The molecule has 10 nitrogen and oxygen atoms in total. The van der Waals surface area contributed by atoms with Crippen LogP contribution in [0.15, 0.2) is 24.5 Å². The maximum Gasteiger partial charge on any atom is 0.290 e. The molecular weight excluding hydrogens is 507 g/mol. The monoisotopic (exact) mass is 536 g/mol. The van der Waals surface area contributed by atoms with Crippen LogP contribution in [0.5, 0.6) is 0 Å². The highest BCUT2D eigenvalue weighted by Crippen LogP contribution is 2.42. The van der Waals surface area contributed by atoms with Crippen molar-refractivity contribution in [2.45, 2.75) is 51.1 Å². The third-order valence-electron chi connectivity index (χ3n) is 6.06. The number of benzene rings is 1. The minimum absolute atomic E-state index is 0.0294. The van der Waals surface area contributed by atoms with Gasteiger partial charge >= 0.3 is 0 Å². The molecule has 0 saturated carbocycles. The van der Waals surface area contributed by atoms with Crippen molar-refractivity contribution >= 4 is 52.4 Å². The number of unbranched alkanes of at least 4 members (excludes halogenated alkanes) is 2. The maximum absolute atomic E-state index is 12.5. The van der Waals surface area contributed by atoms with E-state index in [0.29, 0.717) is 29.6 Å². The Hall–Kier alpha value is -3.08. The van der Waals surface area contributed by atoms with Crippen LogP contribution in [0.3, 0.4) is 0 Å². The first kappa shape index (κ1) is 27.5. The molecule has 36 heavy (non-hydrogen) atoms. The third-order valence-corrected chi connectivity index (χ3v) is 6.86. The zero-order chi connectivity index (χ0) is 26.1. The van der Waals surface area contributed by atoms with E-state index < -0.39 is 0 Å². The molecule has 0 bridgehead atoms. The molecule has 0 saturated heterocycles. The number of aromatic amines is 1. The molecule has 0 aliphatic carbocycles. The first-order chi connectivity index (χ1) is 17.4. The number of aromatic nitrogens is 3. The van der Waals surface area contributed by atoms with E-state index >= 15 is 0 Å². The predicted molar refractivity (Wildman–Crippen MR) is 139 cm³/mol. The number of nitrogens with one attached hydrogen (secondary N) is 3. The second kappa shape index (κ2) is 13.3. The Kier molecular flexibility index (Phi) is 10.2. The Morgan fingerprint density at radius 3 is 2.72 bits per heavy atom. The zero-order valence-electron chi connectivity index (χ0n) is 19.7. The summed E-state index contributed by atoms with van der Waals surface area (Å²) in [6.45, 7) is 0.922. The molecule has 3 aromatic rings. The molecule has 1 aromatic carbocycles. The van der Waals surface area contributed by atoms with Crippen molar-refractivity contribution in [2.75, 3.05) is 13.1 Å². The largest absolute Gasteiger partial charge is 0.483 e. The van der Waals surface area contributed by atoms with Gasteiger partial charge in [0.15, 0.2) is 0 Å². The van der Waals surface area contributed by atoms with Crippen molar-refractivity contribution in [3.8, 4) is 11.1 Å². The van der Waals surface area contributed by atoms with Crippen molar-refractivity contribution in [1.29, 1.82) is 0 Å². The Bertz CT molecular complexity index is 1200. The van der Waals surface area contributed by atoms with Gasteiger partial charge in [0.1, 0.15) is 0 Å². The van der Waals surface area contributed by atoms with E-state index in [-0.39, 0.29) is 30.9 Å². The van der Waals surface area contributed by atoms with Crippen LogP contribution in [0.1, 0.15) is 37.8 Å². The Morgan fingerprint density at radius 2 is 2.03 bits per heavy atom. The third kappa shape index (κ3) is 6.57. The number of halogens is 2. The number of H-pyrrole nitrogens is 1. The predicted octanol–water partition coefficient (Wildman–Crippen LogP) is 3.11. The zero-order valence-corrected chi connectivity index (χ0v) is 21.2. The molecule has 0 fully saturated rings. The van der Waals surface area contributed by atoms with Gasteiger partial charge in [-0.25, -0.2) is 0 Å². The smallest absolute Gasteiger partial charge is 0.290 e. The van der Waals surface area contributed by atoms with Crippen LogP contribution < -0.4 is 16.4 Å². The van der Waals surface area contributed by atoms with Gasteiger partial charge in [-0.1, -0.05) is 35.7 Å². The molecule has 1 unspecified atom stereocenters. The van der Waals surface area contributed by atoms with Crippen LogP contribution in [0.25, 0.3) is 22.0 Å². The fourth-order valence-corrected chi connectivity index (χ4v) is 4.91. The van der Waals surface area contributed by atoms with Gasteiger partial charge < -0.3 is 26.0 Å². The van der Waals surface area contributed by atoms with E-state index in [4.69, 9.17) is 38.8 Å². The lowest BCUT2D eigenvalue weighted by molar-refractivity contribution is -0.126. The summed E-state index contributed by atoms with van der Waals surface area (Å²) in [7, 11) is 0. The standard InChI is InChI=1S/C23H28Cl2N6O2.CH2O2/c24-17-7-6-16-21(14-10-28-29-11-14)18-8-5-15(13-31(18)23(16)22(17)25)30-20(33)12-27-19(32)4-2-1-3-9-26;2-1-3/h6-7,10-11,15H,1-5,8-9,12-13,26H2,(H,27,32)(H,28,29)(H,30,33);1H,(H,2,3). The van der Waals surface area contributed by atoms with Crippen LogP contribution >= 0.6 is 23.2 Å². The van der Waals surface area contributed by atoms with Gasteiger partial charge in [-0.05, 0) is 38.3 Å². The number of nitrogens with two attached hydrogens (primary N) is 1. The van der Waals surface area contributed by atoms with E-state index in [1.807, 2.05) is 12.3 Å². The van der Waals surface area contributed by atoms with Crippen molar-refractivity contribution in [1.82, 2.24) is 25.4 Å². The van der Waals surface area contributed by atoms with Gasteiger partial charge in [-0.2, -0.15) is 5.10 Å². The summed E-state index contributed by atoms with van der Waals surface area (Å²) in [5.41, 5.74) is 9.54. The molecule has 3 heterocycles. The molecule has 2 amide bonds. The number of rotatable bonds is 9. The van der Waals surface area contributed by atoms with Crippen LogP contribution in [0.2, 0.25) is 10.0 Å². The van der Waals surface area contributed by atoms with Crippen LogP contribution in [0.4, 0.5) is 0 Å². The Balaban J connectivity index is 0.00000115. The number of carboxylic acid groups (broad SMARTS) is 1. The summed E-state index contributed by atoms with van der Waals surface area (Å²) >= 11 is 12.9. The average Bonchev–Trinajstić information content (AvgIpc) is 3.49. The molecule has 4 rings (SSSR count). The number of amides is 2. The van der Waals surface area contributed by atoms with Crippen molar-refractivity contribution < 1.29 is 19.5 Å². The molecular formula is C24H30Cl2N6O4. The number of hydrogen-bond acceptors (Lipinski definition) is 5. The number of hydrogen-bond donors (Lipinski definition) is 5. The first-order valence-electron chi connectivity index (χ1n) is 11.7. The first-order valence-corrected chi connectivity index (χ1v) is 12.5. The molecule has 1 aliphatic rings. The van der Waals surface area contributed by atoms with E-state index in [1.54, 1.807) is 12.3 Å². The normalized spacial score (nSPS) is 14.5. The summed E-state index contributed by atoms with van der Waals surface area (Å²) in [5, 5.41) is 21.6. The topological polar surface area (TPSA) is 155 Å². The van der Waals surface area contributed by atoms with Crippen molar-refractivity contribution in [3.05, 3.63) is 40.3 Å². The minimum Gasteiger partial charge on any atom is -0.483 e. The molecule has 0 radical (unpaired) electrons. The van der Waals surface area contributed by atoms with Crippen LogP contribution in [0, 0.1) is 0 Å². The van der Waals surface area contributed by atoms with Gasteiger partial charge in [0.2, 0.25) is 11.8 Å². The maximum atomic E-state index is 12.5. The van der Waals surface area contributed by atoms with Gasteiger partial charge in [0.05, 0.1) is 28.3 Å². The fourth-order valence-electron chi connectivity index (χ4n) is 4.50. The minimum atomic E-state index is -0.250. The number of carbonyl (C=O) groups excluding carboxylic acids is 2. The summed E-state index contributed by atoms with van der Waals surface area (Å²) in [4.78, 5) is 32.8. The molecule has 194 valence electrons. The van der Waals surface area contributed by atoms with E-state index in [0.717, 1.165) is 59.8 Å². The van der Waals surface area contributed by atoms with Crippen LogP contribution in [-0.4, -0.2) is 57.3 Å². The second-order valence-corrected chi connectivity index (χ2v) is 9.25. The van der Waals surface area contributed by atoms with Gasteiger partial charge in [-0.15, -0.1) is 0 Å². The highest BCUT2D eigenvalue weighted by Gasteiger charge is 2.28. The molecule has 1 aliphatic heterocycles. The number of fused-ring (bicyclic) bond motifs is 3. The Labute approximate surface area is 218 Å². The molecule has 0 spiro atoms. The average molecular weight is 537 g/mol. The lowest BCUT2D eigenvalue weighted by atomic mass is 9.99. The highest BCUT2D eigenvalue weighted by molar-refractivity contribution is 6.45. The molecule has 6 N–H and O–H groups in total. The summed E-state index contributed by atoms with van der Waals surface area (Å²) < 4.78 is 2.15. The summed E-state index contributed by atoms with van der Waals surface area (Å²) in [6, 6.07) is 3.71. The van der Waals surface area contributed by atoms with E-state index in [1.165, 1.54) is 0 Å². The molecule has 12 heteroatoms. The SMILES string of the molecule is NCCCCCC(=O)NCC(=O)NC1CCc2c(-c3cn[nH]c3)c3ccc(Cl)c(Cl)c3n2C1.O=CO.